The van der Waals surface area contributed by atoms with Gasteiger partial charge in [0.05, 0.1) is 4.92 Å². The molecule has 10 heteroatoms. The third-order valence-electron chi connectivity index (χ3n) is 4.81. The van der Waals surface area contributed by atoms with Crippen LogP contribution in [0.25, 0.3) is 0 Å². The van der Waals surface area contributed by atoms with E-state index in [0.29, 0.717) is 27.4 Å². The fourth-order valence-corrected chi connectivity index (χ4v) is 3.42. The second kappa shape index (κ2) is 9.09. The Bertz CT molecular complexity index is 1280. The predicted octanol–water partition coefficient (Wildman–Crippen LogP) is 4.74. The van der Waals surface area contributed by atoms with Crippen molar-refractivity contribution in [1.29, 1.82) is 0 Å². The first-order valence-corrected chi connectivity index (χ1v) is 10.2. The van der Waals surface area contributed by atoms with E-state index in [1.807, 2.05) is 0 Å². The molecule has 0 saturated carbocycles. The lowest BCUT2D eigenvalue weighted by Crippen LogP contribution is -2.25. The van der Waals surface area contributed by atoms with E-state index < -0.39 is 11.2 Å². The Hall–Kier alpha value is -4.24. The summed E-state index contributed by atoms with van der Waals surface area (Å²) in [7, 11) is 0. The van der Waals surface area contributed by atoms with E-state index in [1.54, 1.807) is 48.5 Å². The number of hydrazone groups is 1. The SMILES string of the molecule is CC(=O)N1N=C(c2ccc([N+](=O)[O-])cc2)O[C@H]1c1cccc(NC(=O)c2cccc(Cl)c2)c1. The van der Waals surface area contributed by atoms with Crippen LogP contribution in [-0.2, 0) is 9.53 Å². The Balaban J connectivity index is 1.56. The summed E-state index contributed by atoms with van der Waals surface area (Å²) < 4.78 is 5.92. The zero-order valence-electron chi connectivity index (χ0n) is 17.3. The molecule has 1 atom stereocenters. The smallest absolute Gasteiger partial charge is 0.269 e. The average molecular weight is 465 g/mol. The van der Waals surface area contributed by atoms with Gasteiger partial charge >= 0.3 is 0 Å². The summed E-state index contributed by atoms with van der Waals surface area (Å²) in [6, 6.07) is 19.1. The molecule has 2 amide bonds. The Morgan fingerprint density at radius 3 is 2.48 bits per heavy atom. The molecule has 0 bridgehead atoms. The van der Waals surface area contributed by atoms with Crippen molar-refractivity contribution in [3.05, 3.63) is 105 Å². The van der Waals surface area contributed by atoms with E-state index in [9.17, 15) is 19.7 Å². The average Bonchev–Trinajstić information content (AvgIpc) is 3.25. The number of nitrogens with one attached hydrogen (secondary N) is 1. The lowest BCUT2D eigenvalue weighted by atomic mass is 10.1. The molecule has 1 aliphatic heterocycles. The highest BCUT2D eigenvalue weighted by Gasteiger charge is 2.33. The number of nitro benzene ring substituents is 1. The van der Waals surface area contributed by atoms with Crippen molar-refractivity contribution in [2.75, 3.05) is 5.32 Å². The predicted molar refractivity (Wildman–Crippen MR) is 122 cm³/mol. The topological polar surface area (TPSA) is 114 Å². The highest BCUT2D eigenvalue weighted by Crippen LogP contribution is 2.32. The molecule has 0 unspecified atom stereocenters. The molecule has 0 saturated heterocycles. The van der Waals surface area contributed by atoms with Crippen molar-refractivity contribution in [3.8, 4) is 0 Å². The Kier molecular flexibility index (Phi) is 6.05. The number of benzene rings is 3. The van der Waals surface area contributed by atoms with Crippen molar-refractivity contribution in [2.24, 2.45) is 5.10 Å². The largest absolute Gasteiger partial charge is 0.446 e. The molecule has 166 valence electrons. The molecule has 33 heavy (non-hydrogen) atoms. The van der Waals surface area contributed by atoms with Gasteiger partial charge in [-0.1, -0.05) is 29.8 Å². The minimum Gasteiger partial charge on any atom is -0.446 e. The second-order valence-corrected chi connectivity index (χ2v) is 7.57. The standard InChI is InChI=1S/C23H17ClN4O5/c1-14(29)27-23(33-22(26-27)15-8-10-20(11-9-15)28(31)32)17-5-3-7-19(13-17)25-21(30)16-4-2-6-18(24)12-16/h2-13,23H,1H3,(H,25,30)/t23-/m0/s1. The van der Waals surface area contributed by atoms with Crippen molar-refractivity contribution in [2.45, 2.75) is 13.2 Å². The van der Waals surface area contributed by atoms with Crippen LogP contribution in [0.3, 0.4) is 0 Å². The third kappa shape index (κ3) is 4.83. The molecule has 0 spiro atoms. The van der Waals surface area contributed by atoms with Gasteiger partial charge in [-0.2, -0.15) is 5.01 Å². The number of nitrogens with zero attached hydrogens (tertiary/aromatic N) is 3. The van der Waals surface area contributed by atoms with Gasteiger partial charge in [0.1, 0.15) is 0 Å². The number of nitro groups is 1. The van der Waals surface area contributed by atoms with Gasteiger partial charge in [-0.3, -0.25) is 19.7 Å². The van der Waals surface area contributed by atoms with Crippen molar-refractivity contribution < 1.29 is 19.2 Å². The van der Waals surface area contributed by atoms with Crippen LogP contribution in [0.15, 0.2) is 77.9 Å². The molecule has 3 aromatic carbocycles. The summed E-state index contributed by atoms with van der Waals surface area (Å²) >= 11 is 5.96. The van der Waals surface area contributed by atoms with E-state index >= 15 is 0 Å². The summed E-state index contributed by atoms with van der Waals surface area (Å²) in [5, 5.41) is 19.5. The van der Waals surface area contributed by atoms with Crippen LogP contribution in [0.1, 0.15) is 34.6 Å². The molecule has 0 aromatic heterocycles. The molecule has 4 rings (SSSR count). The third-order valence-corrected chi connectivity index (χ3v) is 5.04. The number of anilines is 1. The molecule has 0 aliphatic carbocycles. The lowest BCUT2D eigenvalue weighted by Gasteiger charge is -2.20. The van der Waals surface area contributed by atoms with E-state index in [2.05, 4.69) is 10.4 Å². The second-order valence-electron chi connectivity index (χ2n) is 7.13. The maximum atomic E-state index is 12.5. The van der Waals surface area contributed by atoms with Crippen LogP contribution in [0.4, 0.5) is 11.4 Å². The van der Waals surface area contributed by atoms with Gasteiger partial charge in [0.25, 0.3) is 11.6 Å². The van der Waals surface area contributed by atoms with Gasteiger partial charge < -0.3 is 10.1 Å². The molecule has 1 heterocycles. The van der Waals surface area contributed by atoms with Gasteiger partial charge in [0, 0.05) is 46.5 Å². The number of rotatable bonds is 5. The number of hydrogen-bond acceptors (Lipinski definition) is 6. The first-order chi connectivity index (χ1) is 15.8. The molecule has 3 aromatic rings. The number of carbonyl (C=O) groups is 2. The highest BCUT2D eigenvalue weighted by atomic mass is 35.5. The van der Waals surface area contributed by atoms with Gasteiger partial charge in [0.15, 0.2) is 0 Å². The summed E-state index contributed by atoms with van der Waals surface area (Å²) in [5.41, 5.74) is 1.89. The van der Waals surface area contributed by atoms with Crippen LogP contribution in [0.5, 0.6) is 0 Å². The molecule has 0 radical (unpaired) electrons. The minimum atomic E-state index is -0.865. The molecule has 0 fully saturated rings. The van der Waals surface area contributed by atoms with Crippen molar-refractivity contribution in [1.82, 2.24) is 5.01 Å². The number of halogens is 1. The monoisotopic (exact) mass is 464 g/mol. The van der Waals surface area contributed by atoms with E-state index in [1.165, 1.54) is 36.2 Å². The summed E-state index contributed by atoms with van der Waals surface area (Å²) in [4.78, 5) is 35.1. The number of carbonyl (C=O) groups excluding carboxylic acids is 2. The molecular weight excluding hydrogens is 448 g/mol. The fourth-order valence-electron chi connectivity index (χ4n) is 3.23. The molecule has 9 nitrogen and oxygen atoms in total. The quantitative estimate of drug-likeness (QED) is 0.432. The zero-order valence-corrected chi connectivity index (χ0v) is 18.0. The Labute approximate surface area is 193 Å². The summed E-state index contributed by atoms with van der Waals surface area (Å²) in [6.45, 7) is 1.35. The van der Waals surface area contributed by atoms with Crippen molar-refractivity contribution in [3.63, 3.8) is 0 Å². The number of hydrogen-bond donors (Lipinski definition) is 1. The van der Waals surface area contributed by atoms with E-state index in [-0.39, 0.29) is 23.4 Å². The van der Waals surface area contributed by atoms with Gasteiger partial charge in [0.2, 0.25) is 18.0 Å². The Morgan fingerprint density at radius 1 is 1.09 bits per heavy atom. The first kappa shape index (κ1) is 22.0. The number of non-ortho nitro benzene ring substituents is 1. The van der Waals surface area contributed by atoms with E-state index in [0.717, 1.165) is 0 Å². The number of ether oxygens (including phenoxy) is 1. The first-order valence-electron chi connectivity index (χ1n) is 9.78. The highest BCUT2D eigenvalue weighted by molar-refractivity contribution is 6.31. The van der Waals surface area contributed by atoms with Crippen LogP contribution in [-0.4, -0.2) is 27.6 Å². The van der Waals surface area contributed by atoms with Gasteiger partial charge in [-0.15, -0.1) is 5.10 Å². The van der Waals surface area contributed by atoms with Crippen LogP contribution < -0.4 is 5.32 Å². The van der Waals surface area contributed by atoms with Crippen molar-refractivity contribution >= 4 is 40.7 Å². The molecular formula is C23H17ClN4O5. The fraction of sp³-hybridized carbons (Fsp3) is 0.0870. The van der Waals surface area contributed by atoms with Crippen LogP contribution in [0.2, 0.25) is 5.02 Å². The molecule has 1 N–H and O–H groups in total. The minimum absolute atomic E-state index is 0.0690. The summed E-state index contributed by atoms with van der Waals surface area (Å²) in [5.74, 6) is -0.544. The Morgan fingerprint density at radius 2 is 1.82 bits per heavy atom. The maximum absolute atomic E-state index is 12.5. The number of amides is 2. The summed E-state index contributed by atoms with van der Waals surface area (Å²) in [6.07, 6.45) is -0.865. The van der Waals surface area contributed by atoms with Gasteiger partial charge in [-0.25, -0.2) is 0 Å². The normalized spacial score (nSPS) is 14.9. The van der Waals surface area contributed by atoms with E-state index in [4.69, 9.17) is 16.3 Å². The lowest BCUT2D eigenvalue weighted by molar-refractivity contribution is -0.384. The maximum Gasteiger partial charge on any atom is 0.269 e. The van der Waals surface area contributed by atoms with Gasteiger partial charge in [-0.05, 0) is 42.5 Å². The molecule has 1 aliphatic rings. The van der Waals surface area contributed by atoms with Crippen LogP contribution >= 0.6 is 11.6 Å². The zero-order chi connectivity index (χ0) is 23.5. The van der Waals surface area contributed by atoms with Crippen LogP contribution in [0, 0.1) is 10.1 Å².